The first kappa shape index (κ1) is 24.2. The summed E-state index contributed by atoms with van der Waals surface area (Å²) < 4.78 is 75.1. The van der Waals surface area contributed by atoms with Gasteiger partial charge in [-0.25, -0.2) is 12.8 Å². The van der Waals surface area contributed by atoms with Crippen molar-refractivity contribution in [3.8, 4) is 11.1 Å². The van der Waals surface area contributed by atoms with Gasteiger partial charge in [0, 0.05) is 42.3 Å². The van der Waals surface area contributed by atoms with Crippen LogP contribution in [0.5, 0.6) is 0 Å². The van der Waals surface area contributed by atoms with Crippen molar-refractivity contribution in [2.45, 2.75) is 36.3 Å². The number of rotatable bonds is 5. The van der Waals surface area contributed by atoms with Gasteiger partial charge in [0.15, 0.2) is 0 Å². The number of benzene rings is 2. The lowest BCUT2D eigenvalue weighted by Gasteiger charge is -2.30. The molecule has 34 heavy (non-hydrogen) atoms. The summed E-state index contributed by atoms with van der Waals surface area (Å²) in [6.45, 7) is 5.78. The van der Waals surface area contributed by atoms with Crippen LogP contribution in [0.3, 0.4) is 0 Å². The Hall–Kier alpha value is -2.98. The van der Waals surface area contributed by atoms with E-state index in [1.807, 2.05) is 11.0 Å². The zero-order chi connectivity index (χ0) is 24.7. The molecule has 0 radical (unpaired) electrons. The number of sulfone groups is 1. The van der Waals surface area contributed by atoms with E-state index in [0.717, 1.165) is 28.8 Å². The second-order valence-electron chi connectivity index (χ2n) is 8.83. The van der Waals surface area contributed by atoms with Crippen LogP contribution in [0.25, 0.3) is 11.1 Å². The van der Waals surface area contributed by atoms with Gasteiger partial charge in [-0.2, -0.15) is 13.2 Å². The third kappa shape index (κ3) is 4.65. The second-order valence-corrected chi connectivity index (χ2v) is 10.8. The SMILES string of the molecule is CC1(C)CN(c2ccc(S(=O)(=O)C(F)(F)F)cc2)CN1Cc1ccncc1-c1ccc(F)cc1. The molecule has 0 N–H and O–H groups in total. The molecule has 1 fully saturated rings. The maximum absolute atomic E-state index is 13.4. The number of hydrogen-bond acceptors (Lipinski definition) is 5. The first-order valence-corrected chi connectivity index (χ1v) is 12.0. The van der Waals surface area contributed by atoms with Crippen LogP contribution >= 0.6 is 0 Å². The Morgan fingerprint density at radius 1 is 1.00 bits per heavy atom. The number of hydrogen-bond donors (Lipinski definition) is 0. The number of nitrogens with zero attached hydrogens (tertiary/aromatic N) is 3. The van der Waals surface area contributed by atoms with Gasteiger partial charge in [-0.1, -0.05) is 12.1 Å². The van der Waals surface area contributed by atoms with Crippen LogP contribution in [0.2, 0.25) is 0 Å². The minimum absolute atomic E-state index is 0.278. The maximum atomic E-state index is 13.4. The standard InChI is InChI=1S/C24H23F4N3O2S/c1-23(2)15-30(20-7-9-21(10-8-20)34(32,33)24(26,27)28)16-31(23)14-18-11-12-29-13-22(18)17-3-5-19(25)6-4-17/h3-13H,14-16H2,1-2H3. The molecule has 1 aliphatic heterocycles. The summed E-state index contributed by atoms with van der Waals surface area (Å²) in [5.41, 5.74) is -2.25. The van der Waals surface area contributed by atoms with Gasteiger partial charge in [-0.15, -0.1) is 0 Å². The highest BCUT2D eigenvalue weighted by Crippen LogP contribution is 2.35. The number of anilines is 1. The fraction of sp³-hybridized carbons (Fsp3) is 0.292. The topological polar surface area (TPSA) is 53.5 Å². The van der Waals surface area contributed by atoms with Crippen molar-refractivity contribution < 1.29 is 26.0 Å². The summed E-state index contributed by atoms with van der Waals surface area (Å²) in [4.78, 5) is 7.64. The molecule has 1 aromatic heterocycles. The molecule has 180 valence electrons. The van der Waals surface area contributed by atoms with Crippen molar-refractivity contribution in [3.05, 3.63) is 78.4 Å². The van der Waals surface area contributed by atoms with Crippen LogP contribution in [0, 0.1) is 5.82 Å². The van der Waals surface area contributed by atoms with E-state index in [9.17, 15) is 26.0 Å². The Kier molecular flexibility index (Phi) is 6.15. The van der Waals surface area contributed by atoms with Gasteiger partial charge in [-0.3, -0.25) is 9.88 Å². The molecule has 0 spiro atoms. The van der Waals surface area contributed by atoms with E-state index < -0.39 is 20.2 Å². The lowest BCUT2D eigenvalue weighted by molar-refractivity contribution is -0.0436. The summed E-state index contributed by atoms with van der Waals surface area (Å²) in [6.07, 6.45) is 3.44. The van der Waals surface area contributed by atoms with E-state index >= 15 is 0 Å². The van der Waals surface area contributed by atoms with Gasteiger partial charge in [0.05, 0.1) is 11.6 Å². The molecule has 10 heteroatoms. The predicted octanol–water partition coefficient (Wildman–Crippen LogP) is 5.24. The van der Waals surface area contributed by atoms with Gasteiger partial charge < -0.3 is 4.90 Å². The van der Waals surface area contributed by atoms with Gasteiger partial charge >= 0.3 is 5.51 Å². The molecule has 0 amide bonds. The fourth-order valence-corrected chi connectivity index (χ4v) is 4.84. The molecule has 3 aromatic rings. The van der Waals surface area contributed by atoms with Crippen molar-refractivity contribution in [3.63, 3.8) is 0 Å². The highest BCUT2D eigenvalue weighted by Gasteiger charge is 2.47. The zero-order valence-electron chi connectivity index (χ0n) is 18.6. The Bertz CT molecular complexity index is 1270. The minimum Gasteiger partial charge on any atom is -0.357 e. The van der Waals surface area contributed by atoms with Crippen molar-refractivity contribution in [2.75, 3.05) is 18.1 Å². The molecule has 5 nitrogen and oxygen atoms in total. The van der Waals surface area contributed by atoms with Gasteiger partial charge in [0.25, 0.3) is 9.84 Å². The zero-order valence-corrected chi connectivity index (χ0v) is 19.4. The fourth-order valence-electron chi connectivity index (χ4n) is 4.08. The van der Waals surface area contributed by atoms with E-state index in [0.29, 0.717) is 25.4 Å². The summed E-state index contributed by atoms with van der Waals surface area (Å²) in [6, 6.07) is 12.9. The average molecular weight is 494 g/mol. The van der Waals surface area contributed by atoms with E-state index in [1.165, 1.54) is 24.3 Å². The molecule has 0 atom stereocenters. The first-order valence-electron chi connectivity index (χ1n) is 10.5. The van der Waals surface area contributed by atoms with Gasteiger partial charge in [0.2, 0.25) is 0 Å². The lowest BCUT2D eigenvalue weighted by atomic mass is 9.99. The molecule has 0 unspecified atom stereocenters. The minimum atomic E-state index is -5.38. The monoisotopic (exact) mass is 493 g/mol. The summed E-state index contributed by atoms with van der Waals surface area (Å²) in [7, 11) is -5.38. The number of halogens is 4. The second kappa shape index (κ2) is 8.66. The Balaban J connectivity index is 1.56. The molecule has 2 heterocycles. The first-order chi connectivity index (χ1) is 15.9. The summed E-state index contributed by atoms with van der Waals surface area (Å²) in [5.74, 6) is -0.320. The molecule has 0 aliphatic carbocycles. The number of alkyl halides is 3. The molecule has 4 rings (SSSR count). The maximum Gasteiger partial charge on any atom is 0.501 e. The third-order valence-electron chi connectivity index (χ3n) is 6.02. The summed E-state index contributed by atoms with van der Waals surface area (Å²) in [5, 5.41) is 0. The van der Waals surface area contributed by atoms with Crippen molar-refractivity contribution >= 4 is 15.5 Å². The summed E-state index contributed by atoms with van der Waals surface area (Å²) >= 11 is 0. The molecule has 1 aliphatic rings. The number of pyridine rings is 1. The lowest BCUT2D eigenvalue weighted by Crippen LogP contribution is -2.39. The molecule has 0 bridgehead atoms. The molecule has 2 aromatic carbocycles. The Morgan fingerprint density at radius 2 is 1.65 bits per heavy atom. The average Bonchev–Trinajstić information content (AvgIpc) is 3.08. The Morgan fingerprint density at radius 3 is 2.26 bits per heavy atom. The molecular formula is C24H23F4N3O2S. The van der Waals surface area contributed by atoms with Crippen LogP contribution < -0.4 is 4.90 Å². The highest BCUT2D eigenvalue weighted by molar-refractivity contribution is 7.92. The van der Waals surface area contributed by atoms with Crippen molar-refractivity contribution in [2.24, 2.45) is 0 Å². The van der Waals surface area contributed by atoms with E-state index in [4.69, 9.17) is 0 Å². The van der Waals surface area contributed by atoms with Crippen LogP contribution in [0.1, 0.15) is 19.4 Å². The highest BCUT2D eigenvalue weighted by atomic mass is 32.2. The quantitative estimate of drug-likeness (QED) is 0.455. The van der Waals surface area contributed by atoms with E-state index in [2.05, 4.69) is 23.7 Å². The van der Waals surface area contributed by atoms with Crippen LogP contribution in [0.15, 0.2) is 71.9 Å². The van der Waals surface area contributed by atoms with E-state index in [-0.39, 0.29) is 11.4 Å². The normalized spacial score (nSPS) is 16.7. The van der Waals surface area contributed by atoms with Crippen LogP contribution in [-0.2, 0) is 16.4 Å². The molecule has 1 saturated heterocycles. The van der Waals surface area contributed by atoms with Gasteiger partial charge in [-0.05, 0) is 67.4 Å². The number of aromatic nitrogens is 1. The van der Waals surface area contributed by atoms with Crippen LogP contribution in [0.4, 0.5) is 23.2 Å². The third-order valence-corrected chi connectivity index (χ3v) is 7.52. The van der Waals surface area contributed by atoms with Gasteiger partial charge in [0.1, 0.15) is 5.82 Å². The van der Waals surface area contributed by atoms with Crippen molar-refractivity contribution in [1.82, 2.24) is 9.88 Å². The molecular weight excluding hydrogens is 470 g/mol. The predicted molar refractivity (Wildman–Crippen MR) is 121 cm³/mol. The molecule has 0 saturated carbocycles. The van der Waals surface area contributed by atoms with E-state index in [1.54, 1.807) is 24.5 Å². The van der Waals surface area contributed by atoms with Crippen LogP contribution in [-0.4, -0.2) is 42.6 Å². The van der Waals surface area contributed by atoms with Crippen molar-refractivity contribution in [1.29, 1.82) is 0 Å². The Labute approximate surface area is 195 Å². The largest absolute Gasteiger partial charge is 0.501 e. The smallest absolute Gasteiger partial charge is 0.357 e.